The molecule has 1 aromatic heterocycles. The Morgan fingerprint density at radius 3 is 2.67 bits per heavy atom. The van der Waals surface area contributed by atoms with Gasteiger partial charge in [0.2, 0.25) is 0 Å². The summed E-state index contributed by atoms with van der Waals surface area (Å²) in [6, 6.07) is 24.8. The fraction of sp³-hybridized carbons (Fsp3) is 0.0417. The molecule has 164 valence electrons. The molecule has 0 radical (unpaired) electrons. The molecule has 0 atom stereocenters. The number of H-pyrrole nitrogens is 1. The lowest BCUT2D eigenvalue weighted by Crippen LogP contribution is -2.18. The lowest BCUT2D eigenvalue weighted by Gasteiger charge is -2.10. The molecule has 4 aromatic rings. The summed E-state index contributed by atoms with van der Waals surface area (Å²) in [6.07, 6.45) is 1.33. The van der Waals surface area contributed by atoms with Gasteiger partial charge in [-0.2, -0.15) is 10.2 Å². The van der Waals surface area contributed by atoms with Crippen molar-refractivity contribution in [3.05, 3.63) is 112 Å². The predicted octanol–water partition coefficient (Wildman–Crippen LogP) is 4.33. The topological polar surface area (TPSA) is 123 Å². The van der Waals surface area contributed by atoms with Crippen molar-refractivity contribution in [2.24, 2.45) is 5.10 Å². The minimum atomic E-state index is -0.502. The van der Waals surface area contributed by atoms with E-state index in [9.17, 15) is 14.9 Å². The SMILES string of the molecule is O=C(N/N=C/c1cccc([N+](=O)[O-])c1)c1cc(-c2ccccc2OCc2ccccc2)n[nH]1. The largest absolute Gasteiger partial charge is 0.488 e. The Morgan fingerprint density at radius 1 is 1.06 bits per heavy atom. The van der Waals surface area contributed by atoms with Gasteiger partial charge in [-0.1, -0.05) is 54.6 Å². The van der Waals surface area contributed by atoms with Crippen molar-refractivity contribution in [3.8, 4) is 17.0 Å². The third-order valence-corrected chi connectivity index (χ3v) is 4.68. The minimum absolute atomic E-state index is 0.0587. The van der Waals surface area contributed by atoms with Gasteiger partial charge in [-0.15, -0.1) is 0 Å². The molecule has 1 heterocycles. The predicted molar refractivity (Wildman–Crippen MR) is 123 cm³/mol. The van der Waals surface area contributed by atoms with Crippen molar-refractivity contribution in [3.63, 3.8) is 0 Å². The van der Waals surface area contributed by atoms with Gasteiger partial charge in [0.1, 0.15) is 18.1 Å². The molecule has 0 aliphatic rings. The number of non-ortho nitro benzene ring substituents is 1. The molecule has 1 amide bonds. The van der Waals surface area contributed by atoms with Crippen LogP contribution in [0, 0.1) is 10.1 Å². The van der Waals surface area contributed by atoms with Gasteiger partial charge in [-0.05, 0) is 23.8 Å². The van der Waals surface area contributed by atoms with E-state index < -0.39 is 10.8 Å². The summed E-state index contributed by atoms with van der Waals surface area (Å²) in [5.41, 5.74) is 5.34. The highest BCUT2D eigenvalue weighted by molar-refractivity contribution is 5.94. The number of nitro benzene ring substituents is 1. The molecular formula is C24H19N5O4. The van der Waals surface area contributed by atoms with E-state index in [1.807, 2.05) is 54.6 Å². The third-order valence-electron chi connectivity index (χ3n) is 4.68. The molecule has 4 rings (SSSR count). The van der Waals surface area contributed by atoms with Crippen molar-refractivity contribution in [1.82, 2.24) is 15.6 Å². The molecule has 0 bridgehead atoms. The lowest BCUT2D eigenvalue weighted by atomic mass is 10.1. The molecule has 9 heteroatoms. The number of ether oxygens (including phenoxy) is 1. The summed E-state index contributed by atoms with van der Waals surface area (Å²) >= 11 is 0. The van der Waals surface area contributed by atoms with Crippen LogP contribution in [-0.2, 0) is 6.61 Å². The lowest BCUT2D eigenvalue weighted by molar-refractivity contribution is -0.384. The van der Waals surface area contributed by atoms with Crippen LogP contribution in [0.2, 0.25) is 0 Å². The Labute approximate surface area is 188 Å². The van der Waals surface area contributed by atoms with Crippen molar-refractivity contribution in [2.45, 2.75) is 6.61 Å². The van der Waals surface area contributed by atoms with Crippen molar-refractivity contribution >= 4 is 17.8 Å². The number of para-hydroxylation sites is 1. The quantitative estimate of drug-likeness (QED) is 0.239. The second kappa shape index (κ2) is 10.0. The monoisotopic (exact) mass is 441 g/mol. The first kappa shape index (κ1) is 21.4. The first-order chi connectivity index (χ1) is 16.1. The first-order valence-corrected chi connectivity index (χ1v) is 9.99. The highest BCUT2D eigenvalue weighted by Crippen LogP contribution is 2.29. The van der Waals surface area contributed by atoms with E-state index in [0.29, 0.717) is 23.6 Å². The molecule has 9 nitrogen and oxygen atoms in total. The van der Waals surface area contributed by atoms with Crippen LogP contribution in [0.3, 0.4) is 0 Å². The Kier molecular flexibility index (Phi) is 6.51. The van der Waals surface area contributed by atoms with E-state index >= 15 is 0 Å². The Bertz CT molecular complexity index is 1300. The van der Waals surface area contributed by atoms with Crippen LogP contribution in [0.5, 0.6) is 5.75 Å². The molecule has 0 saturated carbocycles. The van der Waals surface area contributed by atoms with Crippen molar-refractivity contribution < 1.29 is 14.5 Å². The number of rotatable bonds is 8. The molecule has 33 heavy (non-hydrogen) atoms. The maximum Gasteiger partial charge on any atom is 0.289 e. The van der Waals surface area contributed by atoms with E-state index in [1.165, 1.54) is 18.3 Å². The highest BCUT2D eigenvalue weighted by Gasteiger charge is 2.14. The zero-order chi connectivity index (χ0) is 23.0. The summed E-state index contributed by atoms with van der Waals surface area (Å²) in [6.45, 7) is 0.405. The number of hydrogen-bond donors (Lipinski definition) is 2. The number of hydrazone groups is 1. The normalized spacial score (nSPS) is 10.8. The second-order valence-electron chi connectivity index (χ2n) is 6.99. The third kappa shape index (κ3) is 5.47. The Balaban J connectivity index is 1.43. The van der Waals surface area contributed by atoms with Crippen LogP contribution >= 0.6 is 0 Å². The van der Waals surface area contributed by atoms with Gasteiger partial charge in [0.05, 0.1) is 16.8 Å². The Morgan fingerprint density at radius 2 is 1.85 bits per heavy atom. The minimum Gasteiger partial charge on any atom is -0.488 e. The molecule has 0 aliphatic carbocycles. The summed E-state index contributed by atoms with van der Waals surface area (Å²) < 4.78 is 5.96. The number of amides is 1. The number of aromatic amines is 1. The van der Waals surface area contributed by atoms with Gasteiger partial charge in [-0.3, -0.25) is 20.0 Å². The fourth-order valence-corrected chi connectivity index (χ4v) is 3.06. The number of nitrogens with one attached hydrogen (secondary N) is 2. The van der Waals surface area contributed by atoms with Crippen molar-refractivity contribution in [1.29, 1.82) is 0 Å². The van der Waals surface area contributed by atoms with Gasteiger partial charge in [0.15, 0.2) is 0 Å². The number of aromatic nitrogens is 2. The van der Waals surface area contributed by atoms with E-state index in [4.69, 9.17) is 4.74 Å². The number of carbonyl (C=O) groups is 1. The first-order valence-electron chi connectivity index (χ1n) is 9.99. The standard InChI is InChI=1S/C24H19N5O4/c30-24(28-25-15-18-9-6-10-19(13-18)29(31)32)22-14-21(26-27-22)20-11-4-5-12-23(20)33-16-17-7-2-1-3-8-17/h1-15H,16H2,(H,26,27)(H,28,30)/b25-15+. The number of nitro groups is 1. The molecule has 3 aromatic carbocycles. The number of benzene rings is 3. The fourth-order valence-electron chi connectivity index (χ4n) is 3.06. The average molecular weight is 441 g/mol. The maximum atomic E-state index is 12.4. The molecule has 0 unspecified atom stereocenters. The van der Waals surface area contributed by atoms with Gasteiger partial charge < -0.3 is 4.74 Å². The van der Waals surface area contributed by atoms with Gasteiger partial charge >= 0.3 is 0 Å². The molecule has 0 aliphatic heterocycles. The van der Waals surface area contributed by atoms with Gasteiger partial charge in [-0.25, -0.2) is 5.43 Å². The summed E-state index contributed by atoms with van der Waals surface area (Å²) in [5, 5.41) is 21.6. The zero-order valence-electron chi connectivity index (χ0n) is 17.3. The number of carbonyl (C=O) groups excluding carboxylic acids is 1. The van der Waals surface area contributed by atoms with Crippen LogP contribution < -0.4 is 10.2 Å². The summed E-state index contributed by atoms with van der Waals surface area (Å²) in [5.74, 6) is 0.140. The van der Waals surface area contributed by atoms with Crippen molar-refractivity contribution in [2.75, 3.05) is 0 Å². The summed E-state index contributed by atoms with van der Waals surface area (Å²) in [7, 11) is 0. The zero-order valence-corrected chi connectivity index (χ0v) is 17.3. The maximum absolute atomic E-state index is 12.4. The number of hydrogen-bond acceptors (Lipinski definition) is 6. The molecule has 0 saturated heterocycles. The smallest absolute Gasteiger partial charge is 0.289 e. The summed E-state index contributed by atoms with van der Waals surface area (Å²) in [4.78, 5) is 22.8. The van der Waals surface area contributed by atoms with Crippen LogP contribution in [0.25, 0.3) is 11.3 Å². The molecular weight excluding hydrogens is 422 g/mol. The van der Waals surface area contributed by atoms with Crippen LogP contribution in [0.4, 0.5) is 5.69 Å². The number of nitrogens with zero attached hydrogens (tertiary/aromatic N) is 3. The van der Waals surface area contributed by atoms with E-state index in [1.54, 1.807) is 18.2 Å². The second-order valence-corrected chi connectivity index (χ2v) is 6.99. The molecule has 2 N–H and O–H groups in total. The highest BCUT2D eigenvalue weighted by atomic mass is 16.6. The van der Waals surface area contributed by atoms with E-state index in [-0.39, 0.29) is 11.4 Å². The molecule has 0 fully saturated rings. The van der Waals surface area contributed by atoms with E-state index in [2.05, 4.69) is 20.7 Å². The van der Waals surface area contributed by atoms with Crippen LogP contribution in [0.15, 0.2) is 90.0 Å². The van der Waals surface area contributed by atoms with Crippen LogP contribution in [0.1, 0.15) is 21.6 Å². The van der Waals surface area contributed by atoms with Gasteiger partial charge in [0, 0.05) is 23.3 Å². The molecule has 0 spiro atoms. The average Bonchev–Trinajstić information content (AvgIpc) is 3.34. The van der Waals surface area contributed by atoms with E-state index in [0.717, 1.165) is 11.1 Å². The Hall–Kier alpha value is -4.79. The van der Waals surface area contributed by atoms with Gasteiger partial charge in [0.25, 0.3) is 11.6 Å². The van der Waals surface area contributed by atoms with Crippen LogP contribution in [-0.4, -0.2) is 27.2 Å².